The van der Waals surface area contributed by atoms with Crippen LogP contribution in [-0.4, -0.2) is 11.1 Å². The summed E-state index contributed by atoms with van der Waals surface area (Å²) in [4.78, 5) is 10.6. The molecule has 0 spiro atoms. The third-order valence-electron chi connectivity index (χ3n) is 1.76. The lowest BCUT2D eigenvalue weighted by atomic mass is 10.1. The summed E-state index contributed by atoms with van der Waals surface area (Å²) in [5.74, 6) is -0.384. The largest absolute Gasteiger partial charge is 0.504 e. The molecule has 0 fully saturated rings. The van der Waals surface area contributed by atoms with Crippen molar-refractivity contribution in [2.45, 2.75) is 19.9 Å². The standard InChI is InChI=1S/C10H13NO3/c1-6(11)8-3-4-10(9(13)5-8)14-7(2)12/h3-6,13H,11H2,1-2H3/t6-/m1/s1. The SMILES string of the molecule is CC(=O)Oc1ccc([C@@H](C)N)cc1O. The Morgan fingerprint density at radius 2 is 2.21 bits per heavy atom. The lowest BCUT2D eigenvalue weighted by Crippen LogP contribution is -2.06. The zero-order chi connectivity index (χ0) is 10.7. The van der Waals surface area contributed by atoms with E-state index in [-0.39, 0.29) is 17.5 Å². The van der Waals surface area contributed by atoms with Gasteiger partial charge >= 0.3 is 5.97 Å². The van der Waals surface area contributed by atoms with E-state index in [0.717, 1.165) is 5.56 Å². The molecule has 0 radical (unpaired) electrons. The summed E-state index contributed by atoms with van der Waals surface area (Å²) >= 11 is 0. The van der Waals surface area contributed by atoms with E-state index in [1.54, 1.807) is 13.0 Å². The highest BCUT2D eigenvalue weighted by molar-refractivity contribution is 5.70. The first-order chi connectivity index (χ1) is 6.50. The van der Waals surface area contributed by atoms with Crippen LogP contribution in [0.25, 0.3) is 0 Å². The Hall–Kier alpha value is -1.55. The Labute approximate surface area is 82.3 Å². The van der Waals surface area contributed by atoms with Crippen LogP contribution in [0.4, 0.5) is 0 Å². The molecular formula is C10H13NO3. The molecule has 0 aliphatic rings. The van der Waals surface area contributed by atoms with Crippen LogP contribution in [0, 0.1) is 0 Å². The van der Waals surface area contributed by atoms with Crippen molar-refractivity contribution in [1.82, 2.24) is 0 Å². The highest BCUT2D eigenvalue weighted by Crippen LogP contribution is 2.28. The number of benzene rings is 1. The molecule has 76 valence electrons. The molecule has 0 saturated heterocycles. The Balaban J connectivity index is 2.95. The number of phenolic OH excluding ortho intramolecular Hbond substituents is 1. The Morgan fingerprint density at radius 3 is 2.64 bits per heavy atom. The number of carbonyl (C=O) groups excluding carboxylic acids is 1. The van der Waals surface area contributed by atoms with E-state index in [1.807, 2.05) is 0 Å². The lowest BCUT2D eigenvalue weighted by Gasteiger charge is -2.08. The third kappa shape index (κ3) is 2.47. The first-order valence-corrected chi connectivity index (χ1v) is 4.27. The van der Waals surface area contributed by atoms with E-state index in [2.05, 4.69) is 0 Å². The maximum absolute atomic E-state index is 10.6. The fourth-order valence-corrected chi connectivity index (χ4v) is 1.06. The molecule has 1 aromatic carbocycles. The van der Waals surface area contributed by atoms with E-state index in [9.17, 15) is 9.90 Å². The number of ether oxygens (including phenoxy) is 1. The number of hydrogen-bond acceptors (Lipinski definition) is 4. The average Bonchev–Trinajstić information content (AvgIpc) is 2.07. The van der Waals surface area contributed by atoms with E-state index in [1.165, 1.54) is 19.1 Å². The normalized spacial score (nSPS) is 12.2. The van der Waals surface area contributed by atoms with Gasteiger partial charge in [-0.15, -0.1) is 0 Å². The Bertz CT molecular complexity index is 347. The highest BCUT2D eigenvalue weighted by atomic mass is 16.5. The summed E-state index contributed by atoms with van der Waals surface area (Å²) < 4.78 is 4.75. The van der Waals surface area contributed by atoms with Crippen molar-refractivity contribution in [3.05, 3.63) is 23.8 Å². The highest BCUT2D eigenvalue weighted by Gasteiger charge is 2.07. The molecule has 1 atom stereocenters. The molecule has 0 aliphatic heterocycles. The van der Waals surface area contributed by atoms with Gasteiger partial charge < -0.3 is 15.6 Å². The number of aromatic hydroxyl groups is 1. The minimum absolute atomic E-state index is 0.0741. The quantitative estimate of drug-likeness (QED) is 0.551. The van der Waals surface area contributed by atoms with Gasteiger partial charge in [-0.2, -0.15) is 0 Å². The van der Waals surface area contributed by atoms with Crippen LogP contribution in [0.3, 0.4) is 0 Å². The van der Waals surface area contributed by atoms with Crippen molar-refractivity contribution in [1.29, 1.82) is 0 Å². The van der Waals surface area contributed by atoms with Crippen LogP contribution in [0.1, 0.15) is 25.5 Å². The molecule has 4 nitrogen and oxygen atoms in total. The van der Waals surface area contributed by atoms with Gasteiger partial charge in [-0.3, -0.25) is 4.79 Å². The van der Waals surface area contributed by atoms with E-state index >= 15 is 0 Å². The maximum atomic E-state index is 10.6. The molecule has 4 heteroatoms. The number of rotatable bonds is 2. The van der Waals surface area contributed by atoms with Gasteiger partial charge in [0, 0.05) is 13.0 Å². The molecule has 0 aliphatic carbocycles. The molecule has 0 amide bonds. The number of nitrogens with two attached hydrogens (primary N) is 1. The molecule has 14 heavy (non-hydrogen) atoms. The number of hydrogen-bond donors (Lipinski definition) is 2. The average molecular weight is 195 g/mol. The fraction of sp³-hybridized carbons (Fsp3) is 0.300. The Kier molecular flexibility index (Phi) is 3.09. The predicted octanol–water partition coefficient (Wildman–Crippen LogP) is 1.34. The second kappa shape index (κ2) is 4.11. The second-order valence-electron chi connectivity index (χ2n) is 3.11. The molecule has 3 N–H and O–H groups in total. The van der Waals surface area contributed by atoms with Crippen LogP contribution in [-0.2, 0) is 4.79 Å². The van der Waals surface area contributed by atoms with Crippen molar-refractivity contribution >= 4 is 5.97 Å². The van der Waals surface area contributed by atoms with Gasteiger partial charge in [0.05, 0.1) is 0 Å². The lowest BCUT2D eigenvalue weighted by molar-refractivity contribution is -0.132. The molecule has 1 aromatic rings. The van der Waals surface area contributed by atoms with Crippen LogP contribution in [0.15, 0.2) is 18.2 Å². The summed E-state index contributed by atoms with van der Waals surface area (Å²) in [5.41, 5.74) is 6.41. The van der Waals surface area contributed by atoms with Gasteiger partial charge in [-0.1, -0.05) is 6.07 Å². The van der Waals surface area contributed by atoms with Crippen molar-refractivity contribution in [2.75, 3.05) is 0 Å². The maximum Gasteiger partial charge on any atom is 0.308 e. The monoisotopic (exact) mass is 195 g/mol. The van der Waals surface area contributed by atoms with Crippen LogP contribution in [0.5, 0.6) is 11.5 Å². The summed E-state index contributed by atoms with van der Waals surface area (Å²) in [6, 6.07) is 4.56. The van der Waals surface area contributed by atoms with Crippen molar-refractivity contribution in [3.8, 4) is 11.5 Å². The number of carbonyl (C=O) groups is 1. The van der Waals surface area contributed by atoms with E-state index in [0.29, 0.717) is 0 Å². The van der Waals surface area contributed by atoms with Crippen molar-refractivity contribution in [2.24, 2.45) is 5.73 Å². The van der Waals surface area contributed by atoms with Gasteiger partial charge in [0.25, 0.3) is 0 Å². The molecule has 0 aromatic heterocycles. The zero-order valence-corrected chi connectivity index (χ0v) is 8.15. The smallest absolute Gasteiger partial charge is 0.308 e. The van der Waals surface area contributed by atoms with Crippen LogP contribution < -0.4 is 10.5 Å². The molecule has 0 bridgehead atoms. The van der Waals surface area contributed by atoms with Crippen molar-refractivity contribution < 1.29 is 14.6 Å². The van der Waals surface area contributed by atoms with Gasteiger partial charge in [-0.05, 0) is 24.6 Å². The summed E-state index contributed by atoms with van der Waals surface area (Å²) in [6.45, 7) is 3.08. The van der Waals surface area contributed by atoms with Gasteiger partial charge in [-0.25, -0.2) is 0 Å². The number of phenols is 1. The molecule has 0 unspecified atom stereocenters. The van der Waals surface area contributed by atoms with Crippen LogP contribution >= 0.6 is 0 Å². The zero-order valence-electron chi connectivity index (χ0n) is 8.15. The van der Waals surface area contributed by atoms with Gasteiger partial charge in [0.1, 0.15) is 0 Å². The minimum Gasteiger partial charge on any atom is -0.504 e. The fourth-order valence-electron chi connectivity index (χ4n) is 1.06. The molecular weight excluding hydrogens is 182 g/mol. The Morgan fingerprint density at radius 1 is 1.57 bits per heavy atom. The summed E-state index contributed by atoms with van der Waals surface area (Å²) in [7, 11) is 0. The van der Waals surface area contributed by atoms with Gasteiger partial charge in [0.15, 0.2) is 11.5 Å². The topological polar surface area (TPSA) is 72.5 Å². The second-order valence-corrected chi connectivity index (χ2v) is 3.11. The third-order valence-corrected chi connectivity index (χ3v) is 1.76. The first kappa shape index (κ1) is 10.5. The van der Waals surface area contributed by atoms with Gasteiger partial charge in [0.2, 0.25) is 0 Å². The predicted molar refractivity (Wildman–Crippen MR) is 52.0 cm³/mol. The van der Waals surface area contributed by atoms with E-state index in [4.69, 9.17) is 10.5 Å². The molecule has 0 heterocycles. The first-order valence-electron chi connectivity index (χ1n) is 4.27. The molecule has 0 saturated carbocycles. The van der Waals surface area contributed by atoms with E-state index < -0.39 is 5.97 Å². The van der Waals surface area contributed by atoms with Crippen molar-refractivity contribution in [3.63, 3.8) is 0 Å². The minimum atomic E-state index is -0.464. The summed E-state index contributed by atoms with van der Waals surface area (Å²) in [5, 5.41) is 9.46. The van der Waals surface area contributed by atoms with Crippen LogP contribution in [0.2, 0.25) is 0 Å². The molecule has 1 rings (SSSR count). The summed E-state index contributed by atoms with van der Waals surface area (Å²) in [6.07, 6.45) is 0. The number of esters is 1.